The Labute approximate surface area is 124 Å². The number of ether oxygens (including phenoxy) is 1. The molecule has 2 atom stereocenters. The lowest BCUT2D eigenvalue weighted by Gasteiger charge is -2.24. The Hall–Kier alpha value is -1.26. The average molecular weight is 297 g/mol. The second-order valence-corrected chi connectivity index (χ2v) is 6.51. The Morgan fingerprint density at radius 3 is 2.80 bits per heavy atom. The van der Waals surface area contributed by atoms with Crippen LogP contribution in [0.25, 0.3) is 0 Å². The van der Waals surface area contributed by atoms with Crippen molar-refractivity contribution in [3.63, 3.8) is 0 Å². The fourth-order valence-corrected chi connectivity index (χ4v) is 2.58. The number of amides is 1. The molecule has 1 heterocycles. The second-order valence-electron chi connectivity index (χ2n) is 6.07. The summed E-state index contributed by atoms with van der Waals surface area (Å²) in [5.74, 6) is 0.209. The highest BCUT2D eigenvalue weighted by atomic mass is 35.5. The maximum atomic E-state index is 11.9. The van der Waals surface area contributed by atoms with Crippen LogP contribution in [-0.2, 0) is 4.74 Å². The molecule has 20 heavy (non-hydrogen) atoms. The molecule has 0 spiro atoms. The first kappa shape index (κ1) is 15.1. The number of nitrogens with one attached hydrogen (secondary N) is 2. The minimum absolute atomic E-state index is 0.0170. The van der Waals surface area contributed by atoms with Gasteiger partial charge >= 0.3 is 6.09 Å². The van der Waals surface area contributed by atoms with Crippen LogP contribution in [0.5, 0.6) is 0 Å². The van der Waals surface area contributed by atoms with Gasteiger partial charge in [0, 0.05) is 24.0 Å². The number of hydrogen-bond acceptors (Lipinski definition) is 3. The third-order valence-corrected chi connectivity index (χ3v) is 3.43. The summed E-state index contributed by atoms with van der Waals surface area (Å²) < 4.78 is 5.30. The third kappa shape index (κ3) is 4.12. The fourth-order valence-electron chi connectivity index (χ4n) is 2.38. The number of halogens is 1. The van der Waals surface area contributed by atoms with Crippen LogP contribution >= 0.6 is 11.6 Å². The van der Waals surface area contributed by atoms with Gasteiger partial charge in [0.1, 0.15) is 5.60 Å². The minimum Gasteiger partial charge on any atom is -0.444 e. The average Bonchev–Trinajstić information content (AvgIpc) is 2.74. The summed E-state index contributed by atoms with van der Waals surface area (Å²) >= 11 is 6.03. The standard InChI is InChI=1S/C15H21ClN2O2/c1-15(2,3)20-14(19)18-13-9-17-8-12(13)10-5-4-6-11(16)7-10/h4-7,12-13,17H,8-9H2,1-3H3,(H,18,19)/t12-,13-/m0/s1. The van der Waals surface area contributed by atoms with E-state index in [1.165, 1.54) is 0 Å². The first-order chi connectivity index (χ1) is 9.35. The Morgan fingerprint density at radius 1 is 1.40 bits per heavy atom. The highest BCUT2D eigenvalue weighted by Crippen LogP contribution is 2.25. The van der Waals surface area contributed by atoms with Gasteiger partial charge in [-0.25, -0.2) is 4.79 Å². The predicted octanol–water partition coefficient (Wildman–Crippen LogP) is 2.92. The molecule has 0 radical (unpaired) electrons. The summed E-state index contributed by atoms with van der Waals surface area (Å²) in [6.07, 6.45) is -0.377. The molecule has 2 N–H and O–H groups in total. The number of alkyl carbamates (subject to hydrolysis) is 1. The van der Waals surface area contributed by atoms with Crippen LogP contribution < -0.4 is 10.6 Å². The van der Waals surface area contributed by atoms with Crippen LogP contribution in [0.2, 0.25) is 5.02 Å². The van der Waals surface area contributed by atoms with Crippen molar-refractivity contribution in [2.24, 2.45) is 0 Å². The van der Waals surface area contributed by atoms with E-state index in [0.717, 1.165) is 18.7 Å². The lowest BCUT2D eigenvalue weighted by molar-refractivity contribution is 0.0504. The van der Waals surface area contributed by atoms with Crippen LogP contribution in [0.3, 0.4) is 0 Å². The van der Waals surface area contributed by atoms with E-state index in [1.807, 2.05) is 45.0 Å². The van der Waals surface area contributed by atoms with E-state index in [9.17, 15) is 4.79 Å². The van der Waals surface area contributed by atoms with Gasteiger partial charge in [-0.3, -0.25) is 0 Å². The summed E-state index contributed by atoms with van der Waals surface area (Å²) in [4.78, 5) is 11.9. The molecule has 1 amide bonds. The van der Waals surface area contributed by atoms with E-state index in [0.29, 0.717) is 5.02 Å². The van der Waals surface area contributed by atoms with Crippen LogP contribution in [0, 0.1) is 0 Å². The smallest absolute Gasteiger partial charge is 0.407 e. The maximum Gasteiger partial charge on any atom is 0.407 e. The molecular weight excluding hydrogens is 276 g/mol. The van der Waals surface area contributed by atoms with Crippen molar-refractivity contribution in [3.8, 4) is 0 Å². The Kier molecular flexibility index (Phi) is 4.55. The molecule has 1 aliphatic rings. The maximum absolute atomic E-state index is 11.9. The van der Waals surface area contributed by atoms with Gasteiger partial charge in [0.05, 0.1) is 6.04 Å². The van der Waals surface area contributed by atoms with Gasteiger partial charge < -0.3 is 15.4 Å². The molecule has 5 heteroatoms. The lowest BCUT2D eigenvalue weighted by Crippen LogP contribution is -2.42. The van der Waals surface area contributed by atoms with Crippen molar-refractivity contribution in [2.75, 3.05) is 13.1 Å². The molecule has 0 bridgehead atoms. The molecule has 110 valence electrons. The summed E-state index contributed by atoms with van der Waals surface area (Å²) in [6, 6.07) is 7.78. The third-order valence-electron chi connectivity index (χ3n) is 3.19. The van der Waals surface area contributed by atoms with E-state index >= 15 is 0 Å². The van der Waals surface area contributed by atoms with Crippen molar-refractivity contribution in [1.29, 1.82) is 0 Å². The summed E-state index contributed by atoms with van der Waals surface area (Å²) in [7, 11) is 0. The number of carbonyl (C=O) groups excluding carboxylic acids is 1. The summed E-state index contributed by atoms with van der Waals surface area (Å²) in [6.45, 7) is 7.12. The van der Waals surface area contributed by atoms with Crippen LogP contribution in [-0.4, -0.2) is 30.8 Å². The molecule has 0 aliphatic carbocycles. The van der Waals surface area contributed by atoms with Gasteiger partial charge in [0.15, 0.2) is 0 Å². The van der Waals surface area contributed by atoms with Gasteiger partial charge in [0.2, 0.25) is 0 Å². The molecule has 0 saturated carbocycles. The minimum atomic E-state index is -0.484. The van der Waals surface area contributed by atoms with Crippen LogP contribution in [0.4, 0.5) is 4.79 Å². The van der Waals surface area contributed by atoms with Gasteiger partial charge in [0.25, 0.3) is 0 Å². The van der Waals surface area contributed by atoms with Gasteiger partial charge in [-0.05, 0) is 38.5 Å². The van der Waals surface area contributed by atoms with Crippen molar-refractivity contribution >= 4 is 17.7 Å². The largest absolute Gasteiger partial charge is 0.444 e. The zero-order chi connectivity index (χ0) is 14.8. The topological polar surface area (TPSA) is 50.4 Å². The van der Waals surface area contributed by atoms with E-state index in [4.69, 9.17) is 16.3 Å². The first-order valence-electron chi connectivity index (χ1n) is 6.81. The van der Waals surface area contributed by atoms with Crippen molar-refractivity contribution in [1.82, 2.24) is 10.6 Å². The van der Waals surface area contributed by atoms with Gasteiger partial charge in [-0.2, -0.15) is 0 Å². The molecule has 1 aliphatic heterocycles. The molecule has 1 aromatic rings. The Balaban J connectivity index is 2.03. The summed E-state index contributed by atoms with van der Waals surface area (Å²) in [5, 5.41) is 6.95. The van der Waals surface area contributed by atoms with Crippen LogP contribution in [0.1, 0.15) is 32.3 Å². The molecule has 1 aromatic carbocycles. The number of carbonyl (C=O) groups is 1. The van der Waals surface area contributed by atoms with E-state index in [-0.39, 0.29) is 18.1 Å². The second kappa shape index (κ2) is 6.02. The first-order valence-corrected chi connectivity index (χ1v) is 7.18. The molecule has 0 unspecified atom stereocenters. The normalized spacial score (nSPS) is 22.6. The van der Waals surface area contributed by atoms with E-state index < -0.39 is 5.60 Å². The number of benzene rings is 1. The fraction of sp³-hybridized carbons (Fsp3) is 0.533. The summed E-state index contributed by atoms with van der Waals surface area (Å²) in [5.41, 5.74) is 0.644. The van der Waals surface area contributed by atoms with E-state index in [2.05, 4.69) is 10.6 Å². The Bertz CT molecular complexity index is 485. The zero-order valence-corrected chi connectivity index (χ0v) is 12.8. The van der Waals surface area contributed by atoms with Gasteiger partial charge in [-0.1, -0.05) is 23.7 Å². The number of hydrogen-bond donors (Lipinski definition) is 2. The van der Waals surface area contributed by atoms with Crippen molar-refractivity contribution in [2.45, 2.75) is 38.3 Å². The lowest BCUT2D eigenvalue weighted by atomic mass is 9.94. The molecule has 1 fully saturated rings. The predicted molar refractivity (Wildman–Crippen MR) is 80.2 cm³/mol. The molecule has 0 aromatic heterocycles. The molecule has 1 saturated heterocycles. The zero-order valence-electron chi connectivity index (χ0n) is 12.1. The van der Waals surface area contributed by atoms with Gasteiger partial charge in [-0.15, -0.1) is 0 Å². The monoisotopic (exact) mass is 296 g/mol. The molecule has 2 rings (SSSR count). The van der Waals surface area contributed by atoms with Crippen molar-refractivity contribution < 1.29 is 9.53 Å². The highest BCUT2D eigenvalue weighted by molar-refractivity contribution is 6.30. The number of rotatable bonds is 2. The van der Waals surface area contributed by atoms with Crippen LogP contribution in [0.15, 0.2) is 24.3 Å². The van der Waals surface area contributed by atoms with E-state index in [1.54, 1.807) is 0 Å². The SMILES string of the molecule is CC(C)(C)OC(=O)N[C@H]1CNC[C@H]1c1cccc(Cl)c1. The van der Waals surface area contributed by atoms with Crippen molar-refractivity contribution in [3.05, 3.63) is 34.9 Å². The quantitative estimate of drug-likeness (QED) is 0.882. The molecular formula is C15H21ClN2O2. The molecule has 4 nitrogen and oxygen atoms in total. The Morgan fingerprint density at radius 2 is 2.15 bits per heavy atom. The highest BCUT2D eigenvalue weighted by Gasteiger charge is 2.31.